The molecule has 1 aliphatic carbocycles. The van der Waals surface area contributed by atoms with Crippen molar-refractivity contribution in [2.24, 2.45) is 0 Å². The second-order valence-electron chi connectivity index (χ2n) is 8.26. The van der Waals surface area contributed by atoms with E-state index in [2.05, 4.69) is 79.5 Å². The molecule has 1 unspecified atom stereocenters. The average Bonchev–Trinajstić information content (AvgIpc) is 2.67. The van der Waals surface area contributed by atoms with E-state index in [0.29, 0.717) is 5.92 Å². The maximum atomic E-state index is 4.35. The van der Waals surface area contributed by atoms with Gasteiger partial charge in [-0.3, -0.25) is 4.98 Å². The summed E-state index contributed by atoms with van der Waals surface area (Å²) in [4.78, 5) is 4.35. The zero-order valence-electron chi connectivity index (χ0n) is 15.4. The Bertz CT molecular complexity index is 1110. The first kappa shape index (κ1) is 15.6. The van der Waals surface area contributed by atoms with Crippen LogP contribution in [0.25, 0.3) is 21.5 Å². The number of rotatable bonds is 1. The smallest absolute Gasteiger partial charge is 0.0302 e. The van der Waals surface area contributed by atoms with Gasteiger partial charge in [-0.15, -0.1) is 0 Å². The first-order valence-corrected chi connectivity index (χ1v) is 9.47. The van der Waals surface area contributed by atoms with Gasteiger partial charge in [-0.1, -0.05) is 68.4 Å². The second kappa shape index (κ2) is 5.67. The number of hydrogen-bond acceptors (Lipinski definition) is 1. The van der Waals surface area contributed by atoms with Crippen LogP contribution < -0.4 is 0 Å². The van der Waals surface area contributed by atoms with Gasteiger partial charge in [0.15, 0.2) is 0 Å². The molecule has 0 N–H and O–H groups in total. The van der Waals surface area contributed by atoms with Crippen molar-refractivity contribution in [3.63, 3.8) is 0 Å². The fourth-order valence-electron chi connectivity index (χ4n) is 5.01. The fraction of sp³-hybridized carbons (Fsp3) is 0.240. The number of nitrogens with zero attached hydrogens (tertiary/aromatic N) is 1. The van der Waals surface area contributed by atoms with Crippen molar-refractivity contribution >= 4 is 21.5 Å². The highest BCUT2D eigenvalue weighted by Gasteiger charge is 2.35. The molecule has 1 aromatic heterocycles. The molecule has 4 aromatic rings. The van der Waals surface area contributed by atoms with E-state index >= 15 is 0 Å². The summed E-state index contributed by atoms with van der Waals surface area (Å²) in [6.45, 7) is 4.81. The first-order valence-electron chi connectivity index (χ1n) is 9.47. The lowest BCUT2D eigenvalue weighted by atomic mass is 9.65. The molecule has 0 aliphatic heterocycles. The van der Waals surface area contributed by atoms with E-state index in [1.54, 1.807) is 5.56 Å². The molecular formula is C25H23N. The molecule has 0 fully saturated rings. The van der Waals surface area contributed by atoms with E-state index in [1.807, 2.05) is 12.4 Å². The first-order chi connectivity index (χ1) is 12.6. The molecule has 1 heteroatoms. The van der Waals surface area contributed by atoms with Crippen molar-refractivity contribution in [2.45, 2.75) is 38.0 Å². The Hall–Kier alpha value is -2.67. The summed E-state index contributed by atoms with van der Waals surface area (Å²) in [5, 5.41) is 5.49. The van der Waals surface area contributed by atoms with Crippen LogP contribution in [-0.2, 0) is 11.8 Å². The standard InChI is InChI=1S/C25H23N/c1-25(2)15-20(19-7-5-13-26-16-19)14-18-10-11-22-21-8-4-3-6-17(21)9-12-23(22)24(18)25/h3-13,16,20H,14-15H2,1-2H3. The Kier molecular flexibility index (Phi) is 3.40. The summed E-state index contributed by atoms with van der Waals surface area (Å²) in [5.41, 5.74) is 4.55. The van der Waals surface area contributed by atoms with Crippen molar-refractivity contribution in [2.75, 3.05) is 0 Å². The van der Waals surface area contributed by atoms with E-state index in [1.165, 1.54) is 32.7 Å². The maximum Gasteiger partial charge on any atom is 0.0302 e. The molecule has 0 spiro atoms. The summed E-state index contributed by atoms with van der Waals surface area (Å²) >= 11 is 0. The highest BCUT2D eigenvalue weighted by Crippen LogP contribution is 2.47. The molecule has 1 nitrogen and oxygen atoms in total. The zero-order chi connectivity index (χ0) is 17.7. The zero-order valence-corrected chi connectivity index (χ0v) is 15.4. The molecule has 3 aromatic carbocycles. The summed E-state index contributed by atoms with van der Waals surface area (Å²) < 4.78 is 0. The Morgan fingerprint density at radius 3 is 2.54 bits per heavy atom. The summed E-state index contributed by atoms with van der Waals surface area (Å²) in [6.07, 6.45) is 6.18. The largest absolute Gasteiger partial charge is 0.264 e. The summed E-state index contributed by atoms with van der Waals surface area (Å²) in [5.74, 6) is 0.545. The minimum atomic E-state index is 0.149. The van der Waals surface area contributed by atoms with Crippen molar-refractivity contribution in [3.05, 3.63) is 89.7 Å². The Labute approximate surface area is 154 Å². The van der Waals surface area contributed by atoms with Crippen LogP contribution in [0.2, 0.25) is 0 Å². The van der Waals surface area contributed by atoms with Crippen LogP contribution in [0.15, 0.2) is 73.1 Å². The molecule has 128 valence electrons. The topological polar surface area (TPSA) is 12.9 Å². The minimum absolute atomic E-state index is 0.149. The predicted molar refractivity (Wildman–Crippen MR) is 110 cm³/mol. The molecule has 0 bridgehead atoms. The number of benzene rings is 3. The van der Waals surface area contributed by atoms with Crippen molar-refractivity contribution in [1.82, 2.24) is 4.98 Å². The van der Waals surface area contributed by atoms with Crippen LogP contribution in [0, 0.1) is 0 Å². The molecule has 0 radical (unpaired) electrons. The molecule has 26 heavy (non-hydrogen) atoms. The third-order valence-corrected chi connectivity index (χ3v) is 6.07. The number of pyridine rings is 1. The van der Waals surface area contributed by atoms with Gasteiger partial charge in [-0.2, -0.15) is 0 Å². The molecule has 5 rings (SSSR count). The predicted octanol–water partition coefficient (Wildman–Crippen LogP) is 6.40. The molecular weight excluding hydrogens is 314 g/mol. The third-order valence-electron chi connectivity index (χ3n) is 6.07. The summed E-state index contributed by atoms with van der Waals surface area (Å²) in [7, 11) is 0. The van der Waals surface area contributed by atoms with Gasteiger partial charge < -0.3 is 0 Å². The molecule has 0 saturated heterocycles. The van der Waals surface area contributed by atoms with E-state index in [9.17, 15) is 0 Å². The molecule has 0 saturated carbocycles. The van der Waals surface area contributed by atoms with Crippen molar-refractivity contribution in [1.29, 1.82) is 0 Å². The quantitative estimate of drug-likeness (QED) is 0.366. The lowest BCUT2D eigenvalue weighted by Gasteiger charge is -2.39. The van der Waals surface area contributed by atoms with Gasteiger partial charge in [0, 0.05) is 12.4 Å². The Morgan fingerprint density at radius 2 is 1.69 bits per heavy atom. The van der Waals surface area contributed by atoms with E-state index in [4.69, 9.17) is 0 Å². The van der Waals surface area contributed by atoms with Crippen LogP contribution in [0.3, 0.4) is 0 Å². The van der Waals surface area contributed by atoms with Gasteiger partial charge in [0.25, 0.3) is 0 Å². The van der Waals surface area contributed by atoms with Gasteiger partial charge >= 0.3 is 0 Å². The number of hydrogen-bond donors (Lipinski definition) is 0. The van der Waals surface area contributed by atoms with Gasteiger partial charge in [0.2, 0.25) is 0 Å². The molecule has 1 atom stereocenters. The number of fused-ring (bicyclic) bond motifs is 5. The van der Waals surface area contributed by atoms with Crippen molar-refractivity contribution < 1.29 is 0 Å². The minimum Gasteiger partial charge on any atom is -0.264 e. The normalized spacial score (nSPS) is 18.8. The van der Waals surface area contributed by atoms with Crippen LogP contribution in [0.1, 0.15) is 42.9 Å². The molecule has 1 heterocycles. The van der Waals surface area contributed by atoms with E-state index in [0.717, 1.165) is 12.8 Å². The SMILES string of the molecule is CC1(C)CC(c2cccnc2)Cc2ccc3c(ccc4ccccc43)c21. The van der Waals surface area contributed by atoms with E-state index < -0.39 is 0 Å². The Morgan fingerprint density at radius 1 is 0.846 bits per heavy atom. The highest BCUT2D eigenvalue weighted by molar-refractivity contribution is 6.09. The number of aromatic nitrogens is 1. The second-order valence-corrected chi connectivity index (χ2v) is 8.26. The highest BCUT2D eigenvalue weighted by atomic mass is 14.6. The molecule has 1 aliphatic rings. The van der Waals surface area contributed by atoms with Crippen LogP contribution in [0.4, 0.5) is 0 Å². The van der Waals surface area contributed by atoms with Gasteiger partial charge in [-0.25, -0.2) is 0 Å². The average molecular weight is 337 g/mol. The fourth-order valence-corrected chi connectivity index (χ4v) is 5.01. The van der Waals surface area contributed by atoms with Gasteiger partial charge in [0.05, 0.1) is 0 Å². The van der Waals surface area contributed by atoms with E-state index in [-0.39, 0.29) is 5.41 Å². The summed E-state index contributed by atoms with van der Waals surface area (Å²) in [6, 6.07) is 22.3. The van der Waals surface area contributed by atoms with Crippen LogP contribution >= 0.6 is 0 Å². The van der Waals surface area contributed by atoms with Crippen LogP contribution in [-0.4, -0.2) is 4.98 Å². The lowest BCUT2D eigenvalue weighted by molar-refractivity contribution is 0.394. The maximum absolute atomic E-state index is 4.35. The van der Waals surface area contributed by atoms with Crippen molar-refractivity contribution in [3.8, 4) is 0 Å². The lowest BCUT2D eigenvalue weighted by Crippen LogP contribution is -2.29. The van der Waals surface area contributed by atoms with Crippen LogP contribution in [0.5, 0.6) is 0 Å². The van der Waals surface area contributed by atoms with Gasteiger partial charge in [0.1, 0.15) is 0 Å². The Balaban J connectivity index is 1.73. The molecule has 0 amide bonds. The monoisotopic (exact) mass is 337 g/mol. The van der Waals surface area contributed by atoms with Gasteiger partial charge in [-0.05, 0) is 68.5 Å². The third kappa shape index (κ3) is 2.34.